The van der Waals surface area contributed by atoms with Crippen molar-refractivity contribution >= 4 is 29.3 Å². The molecule has 1 N–H and O–H groups in total. The van der Waals surface area contributed by atoms with Crippen LogP contribution in [0.4, 0.5) is 5.69 Å². The Morgan fingerprint density at radius 3 is 2.42 bits per heavy atom. The number of anilines is 1. The zero-order valence-electron chi connectivity index (χ0n) is 18.6. The van der Waals surface area contributed by atoms with Gasteiger partial charge in [0.25, 0.3) is 0 Å². The molecule has 0 radical (unpaired) electrons. The summed E-state index contributed by atoms with van der Waals surface area (Å²) in [6, 6.07) is 12.1. The smallest absolute Gasteiger partial charge is 0.243 e. The number of benzene rings is 2. The molecule has 0 bridgehead atoms. The van der Waals surface area contributed by atoms with Gasteiger partial charge in [-0.2, -0.15) is 0 Å². The summed E-state index contributed by atoms with van der Waals surface area (Å²) in [6.07, 6.45) is 3.61. The SMILES string of the molecule is Cc1cc(C)c(NC(=O)CN(C)C(=O)CSc2nccn2-c2ccccc2C)c(C)c1. The van der Waals surface area contributed by atoms with Gasteiger partial charge in [-0.3, -0.25) is 14.2 Å². The Bertz CT molecular complexity index is 1080. The van der Waals surface area contributed by atoms with Crippen molar-refractivity contribution in [3.8, 4) is 5.69 Å². The molecule has 1 aromatic heterocycles. The maximum Gasteiger partial charge on any atom is 0.243 e. The third kappa shape index (κ3) is 5.55. The van der Waals surface area contributed by atoms with E-state index in [1.165, 1.54) is 16.7 Å². The first-order chi connectivity index (χ1) is 14.8. The largest absolute Gasteiger partial charge is 0.336 e. The molecular weight excluding hydrogens is 408 g/mol. The molecule has 0 saturated heterocycles. The maximum absolute atomic E-state index is 12.6. The van der Waals surface area contributed by atoms with Gasteiger partial charge in [-0.05, 0) is 50.5 Å². The topological polar surface area (TPSA) is 67.2 Å². The number of likely N-dealkylation sites (N-methyl/N-ethyl adjacent to an activating group) is 1. The van der Waals surface area contributed by atoms with Crippen LogP contribution in [0.1, 0.15) is 22.3 Å². The number of aromatic nitrogens is 2. The number of nitrogens with one attached hydrogen (secondary N) is 1. The molecule has 0 aliphatic carbocycles. The Balaban J connectivity index is 1.58. The van der Waals surface area contributed by atoms with Crippen molar-refractivity contribution in [2.45, 2.75) is 32.9 Å². The van der Waals surface area contributed by atoms with Gasteiger partial charge in [0.15, 0.2) is 5.16 Å². The second-order valence-electron chi connectivity index (χ2n) is 7.73. The first kappa shape index (κ1) is 22.6. The summed E-state index contributed by atoms with van der Waals surface area (Å²) in [6.45, 7) is 8.01. The van der Waals surface area contributed by atoms with Crippen molar-refractivity contribution in [2.75, 3.05) is 24.7 Å². The Kier molecular flexibility index (Phi) is 7.17. The molecule has 2 amide bonds. The highest BCUT2D eigenvalue weighted by Gasteiger charge is 2.17. The second kappa shape index (κ2) is 9.83. The summed E-state index contributed by atoms with van der Waals surface area (Å²) in [5, 5.41) is 3.68. The van der Waals surface area contributed by atoms with E-state index in [0.717, 1.165) is 38.8 Å². The molecule has 31 heavy (non-hydrogen) atoms. The van der Waals surface area contributed by atoms with Crippen LogP contribution in [-0.2, 0) is 9.59 Å². The van der Waals surface area contributed by atoms with E-state index in [4.69, 9.17) is 0 Å². The molecule has 2 aromatic carbocycles. The quantitative estimate of drug-likeness (QED) is 0.561. The fourth-order valence-electron chi connectivity index (χ4n) is 3.51. The molecule has 3 aromatic rings. The second-order valence-corrected chi connectivity index (χ2v) is 8.67. The number of aryl methyl sites for hydroxylation is 4. The van der Waals surface area contributed by atoms with E-state index in [2.05, 4.69) is 10.3 Å². The number of nitrogens with zero attached hydrogens (tertiary/aromatic N) is 3. The molecule has 162 valence electrons. The fourth-order valence-corrected chi connectivity index (χ4v) is 4.42. The van der Waals surface area contributed by atoms with Gasteiger partial charge < -0.3 is 10.2 Å². The molecule has 3 rings (SSSR count). The van der Waals surface area contributed by atoms with Crippen LogP contribution in [0.2, 0.25) is 0 Å². The van der Waals surface area contributed by atoms with Crippen molar-refractivity contribution in [3.63, 3.8) is 0 Å². The lowest BCUT2D eigenvalue weighted by Gasteiger charge is -2.18. The molecule has 0 fully saturated rings. The van der Waals surface area contributed by atoms with E-state index in [9.17, 15) is 9.59 Å². The van der Waals surface area contributed by atoms with Gasteiger partial charge in [-0.15, -0.1) is 0 Å². The lowest BCUT2D eigenvalue weighted by Crippen LogP contribution is -2.36. The lowest BCUT2D eigenvalue weighted by molar-refractivity contribution is -0.131. The standard InChI is InChI=1S/C24H28N4O2S/c1-16-12-18(3)23(19(4)13-16)26-21(29)14-27(5)22(30)15-31-24-25-10-11-28(24)20-9-7-6-8-17(20)2/h6-13H,14-15H2,1-5H3,(H,26,29). The van der Waals surface area contributed by atoms with Gasteiger partial charge in [0.05, 0.1) is 18.0 Å². The predicted molar refractivity (Wildman–Crippen MR) is 126 cm³/mol. The summed E-state index contributed by atoms with van der Waals surface area (Å²) >= 11 is 1.36. The minimum absolute atomic E-state index is 0.00160. The molecular formula is C24H28N4O2S. The van der Waals surface area contributed by atoms with Crippen LogP contribution >= 0.6 is 11.8 Å². The van der Waals surface area contributed by atoms with Gasteiger partial charge in [0, 0.05) is 25.1 Å². The van der Waals surface area contributed by atoms with Gasteiger partial charge >= 0.3 is 0 Å². The first-order valence-corrected chi connectivity index (χ1v) is 11.1. The molecule has 0 aliphatic heterocycles. The van der Waals surface area contributed by atoms with Crippen LogP contribution in [0.15, 0.2) is 53.9 Å². The monoisotopic (exact) mass is 436 g/mol. The highest BCUT2D eigenvalue weighted by atomic mass is 32.2. The van der Waals surface area contributed by atoms with Crippen molar-refractivity contribution in [1.82, 2.24) is 14.5 Å². The van der Waals surface area contributed by atoms with E-state index in [1.54, 1.807) is 13.2 Å². The molecule has 1 heterocycles. The summed E-state index contributed by atoms with van der Waals surface area (Å²) in [4.78, 5) is 30.9. The number of hydrogen-bond acceptors (Lipinski definition) is 4. The highest BCUT2D eigenvalue weighted by Crippen LogP contribution is 2.23. The molecule has 6 nitrogen and oxygen atoms in total. The van der Waals surface area contributed by atoms with Crippen molar-refractivity contribution in [3.05, 3.63) is 71.0 Å². The molecule has 0 unspecified atom stereocenters. The molecule has 7 heteroatoms. The number of imidazole rings is 1. The van der Waals surface area contributed by atoms with Crippen LogP contribution in [-0.4, -0.2) is 45.6 Å². The van der Waals surface area contributed by atoms with E-state index in [0.29, 0.717) is 0 Å². The minimum Gasteiger partial charge on any atom is -0.336 e. The van der Waals surface area contributed by atoms with Crippen LogP contribution in [0.5, 0.6) is 0 Å². The Morgan fingerprint density at radius 1 is 1.06 bits per heavy atom. The van der Waals surface area contributed by atoms with Gasteiger partial charge in [-0.1, -0.05) is 47.7 Å². The Labute approximate surface area is 187 Å². The first-order valence-electron chi connectivity index (χ1n) is 10.1. The number of amides is 2. The normalized spacial score (nSPS) is 10.7. The fraction of sp³-hybridized carbons (Fsp3) is 0.292. The Hall–Kier alpha value is -3.06. The Morgan fingerprint density at radius 2 is 1.74 bits per heavy atom. The number of rotatable bonds is 7. The minimum atomic E-state index is -0.211. The average Bonchev–Trinajstić information content (AvgIpc) is 3.17. The number of carbonyl (C=O) groups is 2. The average molecular weight is 437 g/mol. The summed E-state index contributed by atoms with van der Waals surface area (Å²) < 4.78 is 1.98. The summed E-state index contributed by atoms with van der Waals surface area (Å²) in [5.41, 5.74) is 6.15. The van der Waals surface area contributed by atoms with E-state index >= 15 is 0 Å². The van der Waals surface area contributed by atoms with Gasteiger partial charge in [-0.25, -0.2) is 4.98 Å². The van der Waals surface area contributed by atoms with E-state index in [1.807, 2.05) is 74.9 Å². The van der Waals surface area contributed by atoms with Crippen molar-refractivity contribution in [1.29, 1.82) is 0 Å². The number of carbonyl (C=O) groups excluding carboxylic acids is 2. The molecule has 0 spiro atoms. The van der Waals surface area contributed by atoms with Crippen LogP contribution in [0, 0.1) is 27.7 Å². The molecule has 0 saturated carbocycles. The number of hydrogen-bond donors (Lipinski definition) is 1. The molecule has 0 aliphatic rings. The highest BCUT2D eigenvalue weighted by molar-refractivity contribution is 7.99. The van der Waals surface area contributed by atoms with Gasteiger partial charge in [0.2, 0.25) is 11.8 Å². The van der Waals surface area contributed by atoms with Crippen LogP contribution in [0.25, 0.3) is 5.69 Å². The summed E-state index contributed by atoms with van der Waals surface area (Å²) in [7, 11) is 1.64. The zero-order valence-corrected chi connectivity index (χ0v) is 19.4. The number of para-hydroxylation sites is 1. The van der Waals surface area contributed by atoms with Crippen molar-refractivity contribution < 1.29 is 9.59 Å². The third-order valence-electron chi connectivity index (χ3n) is 5.05. The van der Waals surface area contributed by atoms with Crippen molar-refractivity contribution in [2.24, 2.45) is 0 Å². The van der Waals surface area contributed by atoms with Crippen LogP contribution in [0.3, 0.4) is 0 Å². The van der Waals surface area contributed by atoms with Crippen LogP contribution < -0.4 is 5.32 Å². The van der Waals surface area contributed by atoms with E-state index < -0.39 is 0 Å². The summed E-state index contributed by atoms with van der Waals surface area (Å²) in [5.74, 6) is -0.135. The third-order valence-corrected chi connectivity index (χ3v) is 6.01. The lowest BCUT2D eigenvalue weighted by atomic mass is 10.1. The van der Waals surface area contributed by atoms with Gasteiger partial charge in [0.1, 0.15) is 0 Å². The van der Waals surface area contributed by atoms with E-state index in [-0.39, 0.29) is 24.1 Å². The maximum atomic E-state index is 12.6. The predicted octanol–water partition coefficient (Wildman–Crippen LogP) is 4.30. The number of thioether (sulfide) groups is 1. The zero-order chi connectivity index (χ0) is 22.5. The molecule has 0 atom stereocenters.